The number of halogens is 1. The zero-order chi connectivity index (χ0) is 20.5. The molecule has 29 heavy (non-hydrogen) atoms. The van der Waals surface area contributed by atoms with Crippen LogP contribution >= 0.6 is 0 Å². The Labute approximate surface area is 164 Å². The van der Waals surface area contributed by atoms with Gasteiger partial charge in [0.05, 0.1) is 12.6 Å². The average Bonchev–Trinajstić information content (AvgIpc) is 3.01. The number of rotatable bonds is 4. The van der Waals surface area contributed by atoms with E-state index in [1.807, 2.05) is 12.1 Å². The van der Waals surface area contributed by atoms with Crippen molar-refractivity contribution in [3.63, 3.8) is 0 Å². The molecule has 4 rings (SSSR count). The molecule has 0 saturated heterocycles. The molecule has 0 unspecified atom stereocenters. The first kappa shape index (κ1) is 18.4. The van der Waals surface area contributed by atoms with Crippen molar-refractivity contribution in [1.29, 1.82) is 0 Å². The van der Waals surface area contributed by atoms with Crippen LogP contribution in [0.15, 0.2) is 59.5 Å². The second-order valence-corrected chi connectivity index (χ2v) is 6.50. The summed E-state index contributed by atoms with van der Waals surface area (Å²) < 4.78 is 20.1. The SMILES string of the molecule is COc1cc(F)cc(NC(=O)c2cccc(-c3cnc4[nH]c(=O)n(C)c4c3)c2)c1. The normalized spacial score (nSPS) is 10.9. The summed E-state index contributed by atoms with van der Waals surface area (Å²) in [6.45, 7) is 0. The number of fused-ring (bicyclic) bond motifs is 1. The first-order valence-corrected chi connectivity index (χ1v) is 8.76. The van der Waals surface area contributed by atoms with Gasteiger partial charge in [-0.25, -0.2) is 14.2 Å². The Hall–Kier alpha value is -3.94. The number of amides is 1. The van der Waals surface area contributed by atoms with Gasteiger partial charge in [-0.15, -0.1) is 0 Å². The van der Waals surface area contributed by atoms with Crippen molar-refractivity contribution < 1.29 is 13.9 Å². The van der Waals surface area contributed by atoms with Crippen molar-refractivity contribution in [2.24, 2.45) is 7.05 Å². The fourth-order valence-corrected chi connectivity index (χ4v) is 3.05. The number of anilines is 1. The average molecular weight is 392 g/mol. The van der Waals surface area contributed by atoms with Gasteiger partial charge in [0.15, 0.2) is 5.65 Å². The monoisotopic (exact) mass is 392 g/mol. The molecule has 2 N–H and O–H groups in total. The van der Waals surface area contributed by atoms with Gasteiger partial charge >= 0.3 is 5.69 Å². The van der Waals surface area contributed by atoms with Crippen LogP contribution in [0.25, 0.3) is 22.3 Å². The number of pyridine rings is 1. The van der Waals surface area contributed by atoms with E-state index in [9.17, 15) is 14.0 Å². The van der Waals surface area contributed by atoms with Crippen LogP contribution in [0.5, 0.6) is 5.75 Å². The van der Waals surface area contributed by atoms with E-state index in [0.29, 0.717) is 28.2 Å². The number of ether oxygens (including phenoxy) is 1. The Balaban J connectivity index is 1.65. The second kappa shape index (κ2) is 7.23. The number of methoxy groups -OCH3 is 1. The highest BCUT2D eigenvalue weighted by molar-refractivity contribution is 6.05. The van der Waals surface area contributed by atoms with Crippen molar-refractivity contribution in [2.75, 3.05) is 12.4 Å². The minimum atomic E-state index is -0.509. The maximum Gasteiger partial charge on any atom is 0.327 e. The largest absolute Gasteiger partial charge is 0.497 e. The lowest BCUT2D eigenvalue weighted by molar-refractivity contribution is 0.102. The van der Waals surface area contributed by atoms with E-state index >= 15 is 0 Å². The van der Waals surface area contributed by atoms with Crippen molar-refractivity contribution in [1.82, 2.24) is 14.5 Å². The smallest absolute Gasteiger partial charge is 0.327 e. The molecule has 0 radical (unpaired) electrons. The second-order valence-electron chi connectivity index (χ2n) is 6.50. The molecule has 1 amide bonds. The van der Waals surface area contributed by atoms with Crippen LogP contribution in [0.4, 0.5) is 10.1 Å². The van der Waals surface area contributed by atoms with Crippen LogP contribution in [0.2, 0.25) is 0 Å². The lowest BCUT2D eigenvalue weighted by atomic mass is 10.0. The summed E-state index contributed by atoms with van der Waals surface area (Å²) in [5.41, 5.74) is 3.12. The lowest BCUT2D eigenvalue weighted by Gasteiger charge is -2.09. The van der Waals surface area contributed by atoms with Gasteiger partial charge in [-0.05, 0) is 29.8 Å². The number of benzene rings is 2. The number of nitrogens with one attached hydrogen (secondary N) is 2. The quantitative estimate of drug-likeness (QED) is 0.558. The van der Waals surface area contributed by atoms with Crippen molar-refractivity contribution in [2.45, 2.75) is 0 Å². The minimum absolute atomic E-state index is 0.247. The van der Waals surface area contributed by atoms with Crippen LogP contribution in [0, 0.1) is 5.82 Å². The molecule has 0 saturated carbocycles. The topological polar surface area (TPSA) is 89.0 Å². The highest BCUT2D eigenvalue weighted by atomic mass is 19.1. The van der Waals surface area contributed by atoms with Gasteiger partial charge in [-0.3, -0.25) is 14.3 Å². The molecule has 8 heteroatoms. The molecule has 0 aliphatic carbocycles. The molecule has 146 valence electrons. The van der Waals surface area contributed by atoms with E-state index in [-0.39, 0.29) is 11.6 Å². The van der Waals surface area contributed by atoms with Gasteiger partial charge in [0.2, 0.25) is 0 Å². The zero-order valence-electron chi connectivity index (χ0n) is 15.7. The highest BCUT2D eigenvalue weighted by Crippen LogP contribution is 2.24. The number of aryl methyl sites for hydroxylation is 1. The molecule has 2 heterocycles. The Morgan fingerprint density at radius 3 is 2.79 bits per heavy atom. The van der Waals surface area contributed by atoms with Crippen molar-refractivity contribution in [3.05, 3.63) is 76.6 Å². The molecular weight excluding hydrogens is 375 g/mol. The maximum atomic E-state index is 13.6. The third-order valence-electron chi connectivity index (χ3n) is 4.58. The summed E-state index contributed by atoms with van der Waals surface area (Å²) >= 11 is 0. The third kappa shape index (κ3) is 3.60. The Morgan fingerprint density at radius 2 is 2.00 bits per heavy atom. The van der Waals surface area contributed by atoms with Gasteiger partial charge in [0.1, 0.15) is 11.6 Å². The summed E-state index contributed by atoms with van der Waals surface area (Å²) in [4.78, 5) is 31.3. The number of H-pyrrole nitrogens is 1. The lowest BCUT2D eigenvalue weighted by Crippen LogP contribution is -2.12. The van der Waals surface area contributed by atoms with Crippen LogP contribution < -0.4 is 15.7 Å². The Kier molecular flexibility index (Phi) is 4.59. The van der Waals surface area contributed by atoms with Crippen molar-refractivity contribution >= 4 is 22.8 Å². The number of carbonyl (C=O) groups is 1. The zero-order valence-corrected chi connectivity index (χ0v) is 15.7. The van der Waals surface area contributed by atoms with Crippen LogP contribution in [0.3, 0.4) is 0 Å². The summed E-state index contributed by atoms with van der Waals surface area (Å²) in [7, 11) is 3.08. The molecule has 2 aromatic heterocycles. The third-order valence-corrected chi connectivity index (χ3v) is 4.58. The van der Waals surface area contributed by atoms with Crippen LogP contribution in [-0.4, -0.2) is 27.6 Å². The summed E-state index contributed by atoms with van der Waals surface area (Å²) in [6.07, 6.45) is 1.63. The van der Waals surface area contributed by atoms with Gasteiger partial charge in [-0.2, -0.15) is 0 Å². The number of aromatic nitrogens is 3. The van der Waals surface area contributed by atoms with Gasteiger partial charge in [-0.1, -0.05) is 12.1 Å². The Bertz CT molecular complexity index is 1290. The van der Waals surface area contributed by atoms with E-state index in [1.165, 1.54) is 29.9 Å². The van der Waals surface area contributed by atoms with Gasteiger partial charge in [0, 0.05) is 42.2 Å². The molecule has 0 bridgehead atoms. The first-order valence-electron chi connectivity index (χ1n) is 8.76. The summed E-state index contributed by atoms with van der Waals surface area (Å²) in [5.74, 6) is -0.585. The van der Waals surface area contributed by atoms with E-state index in [1.54, 1.807) is 31.4 Å². The molecule has 0 aliphatic rings. The van der Waals surface area contributed by atoms with E-state index in [0.717, 1.165) is 11.1 Å². The van der Waals surface area contributed by atoms with Crippen LogP contribution in [-0.2, 0) is 7.05 Å². The van der Waals surface area contributed by atoms with E-state index in [4.69, 9.17) is 4.74 Å². The summed E-state index contributed by atoms with van der Waals surface area (Å²) in [5, 5.41) is 2.67. The highest BCUT2D eigenvalue weighted by Gasteiger charge is 2.11. The number of hydrogen-bond donors (Lipinski definition) is 2. The summed E-state index contributed by atoms with van der Waals surface area (Å²) in [6, 6.07) is 12.8. The molecular formula is C21H17FN4O3. The minimum Gasteiger partial charge on any atom is -0.497 e. The molecule has 4 aromatic rings. The molecule has 0 atom stereocenters. The van der Waals surface area contributed by atoms with Gasteiger partial charge < -0.3 is 10.1 Å². The molecule has 0 fully saturated rings. The van der Waals surface area contributed by atoms with E-state index in [2.05, 4.69) is 15.3 Å². The standard InChI is InChI=1S/C21H17FN4O3/c1-26-18-7-14(11-23-19(18)25-21(26)28)12-4-3-5-13(6-12)20(27)24-16-8-15(22)9-17(10-16)29-2/h3-11H,1-2H3,(H,24,27)(H,23,25,28). The number of aromatic amines is 1. The molecule has 2 aromatic carbocycles. The number of nitrogens with zero attached hydrogens (tertiary/aromatic N) is 2. The molecule has 7 nitrogen and oxygen atoms in total. The number of carbonyl (C=O) groups excluding carboxylic acids is 1. The van der Waals surface area contributed by atoms with E-state index < -0.39 is 5.82 Å². The predicted octanol–water partition coefficient (Wildman–Crippen LogP) is 3.33. The number of imidazole rings is 1. The fraction of sp³-hybridized carbons (Fsp3) is 0.0952. The predicted molar refractivity (Wildman–Crippen MR) is 108 cm³/mol. The van der Waals surface area contributed by atoms with Crippen molar-refractivity contribution in [3.8, 4) is 16.9 Å². The maximum absolute atomic E-state index is 13.6. The van der Waals surface area contributed by atoms with Gasteiger partial charge in [0.25, 0.3) is 5.91 Å². The fourth-order valence-electron chi connectivity index (χ4n) is 3.05. The molecule has 0 spiro atoms. The van der Waals surface area contributed by atoms with Crippen LogP contribution in [0.1, 0.15) is 10.4 Å². The molecule has 0 aliphatic heterocycles. The Morgan fingerprint density at radius 1 is 1.17 bits per heavy atom. The number of hydrogen-bond acceptors (Lipinski definition) is 4. The first-order chi connectivity index (χ1) is 13.9.